The quantitative estimate of drug-likeness (QED) is 0.676. The van der Waals surface area contributed by atoms with Crippen molar-refractivity contribution in [1.29, 1.82) is 0 Å². The lowest BCUT2D eigenvalue weighted by Crippen LogP contribution is -2.27. The highest BCUT2D eigenvalue weighted by Crippen LogP contribution is 2.26. The number of nitrogens with one attached hydrogen (secondary N) is 1. The average Bonchev–Trinajstić information content (AvgIpc) is 3.11. The molecule has 1 amide bonds. The summed E-state index contributed by atoms with van der Waals surface area (Å²) >= 11 is 1.42. The van der Waals surface area contributed by atoms with Crippen molar-refractivity contribution in [3.8, 4) is 11.1 Å². The summed E-state index contributed by atoms with van der Waals surface area (Å²) < 4.78 is 0. The summed E-state index contributed by atoms with van der Waals surface area (Å²) in [5.74, 6) is -1.63. The fraction of sp³-hybridized carbons (Fsp3) is 0. The number of hydrogen-bond donors (Lipinski definition) is 2. The Morgan fingerprint density at radius 3 is 2.20 bits per heavy atom. The topological polar surface area (TPSA) is 66.4 Å². The third kappa shape index (κ3) is 4.22. The first-order valence-corrected chi connectivity index (χ1v) is 8.47. The van der Waals surface area contributed by atoms with Gasteiger partial charge in [0.15, 0.2) is 0 Å². The number of aliphatic carboxylic acids is 1. The molecule has 0 atom stereocenters. The molecule has 0 unspecified atom stereocenters. The van der Waals surface area contributed by atoms with Crippen molar-refractivity contribution in [2.24, 2.45) is 0 Å². The maximum Gasteiger partial charge on any atom is 0.352 e. The number of carbonyl (C=O) groups excluding carboxylic acids is 1. The van der Waals surface area contributed by atoms with Crippen LogP contribution in [0.1, 0.15) is 15.2 Å². The van der Waals surface area contributed by atoms with Gasteiger partial charge in [-0.05, 0) is 40.8 Å². The number of carboxylic acid groups (broad SMARTS) is 1. The maximum atomic E-state index is 12.2. The van der Waals surface area contributed by atoms with Gasteiger partial charge in [0.2, 0.25) is 0 Å². The predicted octanol–water partition coefficient (Wildman–Crippen LogP) is 4.27. The molecule has 0 fully saturated rings. The van der Waals surface area contributed by atoms with E-state index in [9.17, 15) is 14.7 Å². The smallest absolute Gasteiger partial charge is 0.352 e. The highest BCUT2D eigenvalue weighted by molar-refractivity contribution is 7.11. The van der Waals surface area contributed by atoms with Gasteiger partial charge in [-0.25, -0.2) is 4.79 Å². The van der Waals surface area contributed by atoms with Gasteiger partial charge in [0.1, 0.15) is 5.70 Å². The summed E-state index contributed by atoms with van der Waals surface area (Å²) in [6, 6.07) is 20.2. The van der Waals surface area contributed by atoms with Gasteiger partial charge in [-0.3, -0.25) is 4.79 Å². The Kier molecular flexibility index (Phi) is 5.06. The van der Waals surface area contributed by atoms with Crippen molar-refractivity contribution in [3.05, 3.63) is 88.2 Å². The Labute approximate surface area is 149 Å². The first-order chi connectivity index (χ1) is 12.1. The van der Waals surface area contributed by atoms with Gasteiger partial charge in [0, 0.05) is 10.4 Å². The molecule has 2 aromatic carbocycles. The lowest BCUT2D eigenvalue weighted by molar-refractivity contribution is -0.132. The van der Waals surface area contributed by atoms with E-state index in [-0.39, 0.29) is 5.70 Å². The van der Waals surface area contributed by atoms with Gasteiger partial charge in [0.05, 0.1) is 0 Å². The van der Waals surface area contributed by atoms with E-state index in [1.54, 1.807) is 30.3 Å². The molecule has 5 heteroatoms. The molecule has 0 spiro atoms. The second-order valence-corrected chi connectivity index (χ2v) is 6.23. The molecule has 25 heavy (non-hydrogen) atoms. The third-order valence-electron chi connectivity index (χ3n) is 3.53. The summed E-state index contributed by atoms with van der Waals surface area (Å²) in [4.78, 5) is 24.4. The fourth-order valence-corrected chi connectivity index (χ4v) is 3.14. The highest BCUT2D eigenvalue weighted by atomic mass is 32.1. The summed E-state index contributed by atoms with van der Waals surface area (Å²) in [6.45, 7) is 0. The van der Waals surface area contributed by atoms with Crippen molar-refractivity contribution in [1.82, 2.24) is 5.32 Å². The van der Waals surface area contributed by atoms with E-state index in [4.69, 9.17) is 0 Å². The number of carbonyl (C=O) groups is 2. The van der Waals surface area contributed by atoms with Crippen LogP contribution in [-0.4, -0.2) is 17.0 Å². The van der Waals surface area contributed by atoms with Gasteiger partial charge in [-0.1, -0.05) is 48.5 Å². The molecule has 4 nitrogen and oxygen atoms in total. The Balaban J connectivity index is 1.82. The van der Waals surface area contributed by atoms with Gasteiger partial charge < -0.3 is 10.4 Å². The largest absolute Gasteiger partial charge is 0.477 e. The molecule has 0 saturated heterocycles. The van der Waals surface area contributed by atoms with Gasteiger partial charge in [0.25, 0.3) is 5.91 Å². The first-order valence-electron chi connectivity index (χ1n) is 7.59. The second-order valence-electron chi connectivity index (χ2n) is 5.29. The normalized spacial score (nSPS) is 11.1. The maximum absolute atomic E-state index is 12.2. The number of carboxylic acids is 1. The molecule has 0 aliphatic heterocycles. The number of hydrogen-bond acceptors (Lipinski definition) is 3. The van der Waals surface area contributed by atoms with Crippen molar-refractivity contribution in [2.75, 3.05) is 0 Å². The Morgan fingerprint density at radius 1 is 0.920 bits per heavy atom. The molecule has 3 rings (SSSR count). The molecule has 0 bridgehead atoms. The summed E-state index contributed by atoms with van der Waals surface area (Å²) in [7, 11) is 0. The van der Waals surface area contributed by atoms with Crippen LogP contribution in [0.5, 0.6) is 0 Å². The zero-order valence-corrected chi connectivity index (χ0v) is 14.0. The van der Waals surface area contributed by atoms with Crippen molar-refractivity contribution < 1.29 is 14.7 Å². The molecular formula is C20H15NO3S. The van der Waals surface area contributed by atoms with Crippen LogP contribution in [0.15, 0.2) is 77.8 Å². The van der Waals surface area contributed by atoms with E-state index >= 15 is 0 Å². The molecule has 0 aliphatic carbocycles. The minimum Gasteiger partial charge on any atom is -0.477 e. The Morgan fingerprint density at radius 2 is 1.56 bits per heavy atom. The van der Waals surface area contributed by atoms with E-state index in [0.29, 0.717) is 5.56 Å². The lowest BCUT2D eigenvalue weighted by atomic mass is 10.1. The van der Waals surface area contributed by atoms with Crippen LogP contribution in [0, 0.1) is 0 Å². The Bertz CT molecular complexity index is 914. The van der Waals surface area contributed by atoms with Crippen LogP contribution in [-0.2, 0) is 4.79 Å². The van der Waals surface area contributed by atoms with E-state index in [1.807, 2.05) is 41.8 Å². The van der Waals surface area contributed by atoms with Crippen LogP contribution < -0.4 is 5.32 Å². The number of rotatable bonds is 5. The summed E-state index contributed by atoms with van der Waals surface area (Å²) in [6.07, 6.45) is 1.47. The number of amides is 1. The molecule has 0 aliphatic rings. The highest BCUT2D eigenvalue weighted by Gasteiger charge is 2.13. The minimum absolute atomic E-state index is 0.157. The average molecular weight is 349 g/mol. The molecule has 124 valence electrons. The van der Waals surface area contributed by atoms with Crippen LogP contribution in [0.2, 0.25) is 0 Å². The first kappa shape index (κ1) is 16.7. The van der Waals surface area contributed by atoms with Gasteiger partial charge >= 0.3 is 5.97 Å². The van der Waals surface area contributed by atoms with Crippen molar-refractivity contribution in [2.45, 2.75) is 0 Å². The number of thiophene rings is 1. The Hall–Kier alpha value is -3.18. The monoisotopic (exact) mass is 349 g/mol. The minimum atomic E-state index is -1.18. The zero-order chi connectivity index (χ0) is 17.6. The standard InChI is InChI=1S/C20H15NO3S/c22-19(15-9-5-2-6-10-15)21-18(20(23)24)12-17-11-16(13-25-17)14-7-3-1-4-8-14/h1-13H,(H,21,22)(H,23,24)/b18-12-. The van der Waals surface area contributed by atoms with Crippen LogP contribution >= 0.6 is 11.3 Å². The van der Waals surface area contributed by atoms with Crippen molar-refractivity contribution >= 4 is 29.3 Å². The molecule has 2 N–H and O–H groups in total. The van der Waals surface area contributed by atoms with E-state index in [1.165, 1.54) is 17.4 Å². The molecule has 0 radical (unpaired) electrons. The lowest BCUT2D eigenvalue weighted by Gasteiger charge is -2.05. The number of benzene rings is 2. The van der Waals surface area contributed by atoms with E-state index in [2.05, 4.69) is 5.32 Å². The van der Waals surface area contributed by atoms with Crippen LogP contribution in [0.3, 0.4) is 0 Å². The molecule has 3 aromatic rings. The van der Waals surface area contributed by atoms with E-state index in [0.717, 1.165) is 16.0 Å². The predicted molar refractivity (Wildman–Crippen MR) is 99.3 cm³/mol. The molecule has 0 saturated carbocycles. The molecular weight excluding hydrogens is 334 g/mol. The van der Waals surface area contributed by atoms with Crippen LogP contribution in [0.25, 0.3) is 17.2 Å². The summed E-state index contributed by atoms with van der Waals surface area (Å²) in [5, 5.41) is 13.8. The molecule has 1 aromatic heterocycles. The zero-order valence-electron chi connectivity index (χ0n) is 13.2. The second kappa shape index (κ2) is 7.59. The molecule has 1 heterocycles. The summed E-state index contributed by atoms with van der Waals surface area (Å²) in [5.41, 5.74) is 2.32. The fourth-order valence-electron chi connectivity index (χ4n) is 2.29. The van der Waals surface area contributed by atoms with Crippen molar-refractivity contribution in [3.63, 3.8) is 0 Å². The van der Waals surface area contributed by atoms with Crippen LogP contribution in [0.4, 0.5) is 0 Å². The third-order valence-corrected chi connectivity index (χ3v) is 4.41. The van der Waals surface area contributed by atoms with Gasteiger partial charge in [-0.2, -0.15) is 0 Å². The van der Waals surface area contributed by atoms with Gasteiger partial charge in [-0.15, -0.1) is 11.3 Å². The van der Waals surface area contributed by atoms with E-state index < -0.39 is 11.9 Å². The SMILES string of the molecule is O=C(O)/C(=C/c1cc(-c2ccccc2)cs1)NC(=O)c1ccccc1.